The van der Waals surface area contributed by atoms with Crippen molar-refractivity contribution >= 4 is 5.96 Å². The first kappa shape index (κ1) is 15.8. The van der Waals surface area contributed by atoms with E-state index in [1.54, 1.807) is 6.92 Å². The first-order valence-corrected chi connectivity index (χ1v) is 7.27. The fourth-order valence-electron chi connectivity index (χ4n) is 1.75. The molecular formula is C15H21N5O2. The smallest absolute Gasteiger partial charge is 0.248 e. The number of ether oxygens (including phenoxy) is 1. The standard InChI is InChI=1S/C15H21N5O2/c1-3-16-15(18-11-14-19-12(2)20-22-14)17-9-10-21-13-7-5-4-6-8-13/h4-8H,3,9-11H2,1-2H3,(H2,16,17,18). The number of nitrogens with one attached hydrogen (secondary N) is 2. The maximum atomic E-state index is 5.61. The molecule has 0 saturated carbocycles. The average molecular weight is 303 g/mol. The number of guanidine groups is 1. The second-order valence-corrected chi connectivity index (χ2v) is 4.52. The third-order valence-electron chi connectivity index (χ3n) is 2.69. The Morgan fingerprint density at radius 3 is 2.77 bits per heavy atom. The molecule has 1 aromatic heterocycles. The Balaban J connectivity index is 1.76. The lowest BCUT2D eigenvalue weighted by atomic mass is 10.3. The molecule has 2 N–H and O–H groups in total. The molecule has 0 aliphatic carbocycles. The molecule has 0 saturated heterocycles. The van der Waals surface area contributed by atoms with Crippen LogP contribution in [0.5, 0.6) is 5.75 Å². The van der Waals surface area contributed by atoms with Gasteiger partial charge in [-0.2, -0.15) is 4.98 Å². The lowest BCUT2D eigenvalue weighted by Crippen LogP contribution is -2.39. The van der Waals surface area contributed by atoms with Crippen LogP contribution in [-0.2, 0) is 6.54 Å². The number of hydrogen-bond donors (Lipinski definition) is 2. The van der Waals surface area contributed by atoms with Crippen molar-refractivity contribution in [1.29, 1.82) is 0 Å². The maximum absolute atomic E-state index is 5.61. The SMILES string of the molecule is CCNC(=NCc1nc(C)no1)NCCOc1ccccc1. The van der Waals surface area contributed by atoms with E-state index in [2.05, 4.69) is 25.8 Å². The van der Waals surface area contributed by atoms with E-state index in [-0.39, 0.29) is 0 Å². The highest BCUT2D eigenvalue weighted by atomic mass is 16.5. The van der Waals surface area contributed by atoms with Gasteiger partial charge in [0, 0.05) is 6.54 Å². The fourth-order valence-corrected chi connectivity index (χ4v) is 1.75. The number of hydrogen-bond acceptors (Lipinski definition) is 5. The molecule has 0 bridgehead atoms. The van der Waals surface area contributed by atoms with Crippen LogP contribution in [0, 0.1) is 6.92 Å². The topological polar surface area (TPSA) is 84.6 Å². The van der Waals surface area contributed by atoms with Crippen LogP contribution < -0.4 is 15.4 Å². The third kappa shape index (κ3) is 5.43. The van der Waals surface area contributed by atoms with Gasteiger partial charge < -0.3 is 19.9 Å². The minimum absolute atomic E-state index is 0.343. The van der Waals surface area contributed by atoms with Crippen LogP contribution in [0.2, 0.25) is 0 Å². The zero-order valence-corrected chi connectivity index (χ0v) is 12.9. The van der Waals surface area contributed by atoms with Crippen LogP contribution in [0.3, 0.4) is 0 Å². The summed E-state index contributed by atoms with van der Waals surface area (Å²) >= 11 is 0. The van der Waals surface area contributed by atoms with Gasteiger partial charge in [-0.1, -0.05) is 23.4 Å². The van der Waals surface area contributed by atoms with E-state index in [1.807, 2.05) is 37.3 Å². The van der Waals surface area contributed by atoms with E-state index in [4.69, 9.17) is 9.26 Å². The third-order valence-corrected chi connectivity index (χ3v) is 2.69. The molecule has 22 heavy (non-hydrogen) atoms. The van der Waals surface area contributed by atoms with Crippen molar-refractivity contribution in [3.05, 3.63) is 42.0 Å². The predicted molar refractivity (Wildman–Crippen MR) is 83.8 cm³/mol. The number of para-hydroxylation sites is 1. The molecule has 0 fully saturated rings. The van der Waals surface area contributed by atoms with Crippen LogP contribution in [-0.4, -0.2) is 35.8 Å². The van der Waals surface area contributed by atoms with Crippen LogP contribution in [0.4, 0.5) is 0 Å². The van der Waals surface area contributed by atoms with Gasteiger partial charge in [-0.25, -0.2) is 4.99 Å². The number of aliphatic imine (C=N–C) groups is 1. The summed E-state index contributed by atoms with van der Waals surface area (Å²) < 4.78 is 10.6. The van der Waals surface area contributed by atoms with Gasteiger partial charge in [-0.3, -0.25) is 0 Å². The molecule has 1 heterocycles. The molecule has 0 spiro atoms. The Morgan fingerprint density at radius 1 is 1.27 bits per heavy atom. The van der Waals surface area contributed by atoms with Crippen molar-refractivity contribution < 1.29 is 9.26 Å². The summed E-state index contributed by atoms with van der Waals surface area (Å²) in [6, 6.07) is 9.70. The number of rotatable bonds is 7. The Bertz CT molecular complexity index is 583. The normalized spacial score (nSPS) is 11.3. The first-order valence-electron chi connectivity index (χ1n) is 7.27. The molecule has 0 amide bonds. The molecule has 1 aromatic carbocycles. The predicted octanol–water partition coefficient (Wildman–Crippen LogP) is 1.51. The fraction of sp³-hybridized carbons (Fsp3) is 0.400. The molecule has 118 valence electrons. The van der Waals surface area contributed by atoms with Gasteiger partial charge in [-0.05, 0) is 26.0 Å². The number of aryl methyl sites for hydroxylation is 1. The van der Waals surface area contributed by atoms with Gasteiger partial charge in [0.2, 0.25) is 5.89 Å². The Labute approximate surface area is 129 Å². The van der Waals surface area contributed by atoms with Crippen LogP contribution in [0.15, 0.2) is 39.8 Å². The Morgan fingerprint density at radius 2 is 2.09 bits per heavy atom. The zero-order valence-electron chi connectivity index (χ0n) is 12.9. The molecular weight excluding hydrogens is 282 g/mol. The summed E-state index contributed by atoms with van der Waals surface area (Å²) in [5.74, 6) is 2.65. The highest BCUT2D eigenvalue weighted by Crippen LogP contribution is 2.07. The Kier molecular flexibility index (Phi) is 6.22. The summed E-state index contributed by atoms with van der Waals surface area (Å²) in [5, 5.41) is 10.1. The molecule has 0 atom stereocenters. The van der Waals surface area contributed by atoms with Crippen LogP contribution >= 0.6 is 0 Å². The van der Waals surface area contributed by atoms with Gasteiger partial charge in [0.15, 0.2) is 11.8 Å². The molecule has 7 heteroatoms. The van der Waals surface area contributed by atoms with E-state index in [1.165, 1.54) is 0 Å². The van der Waals surface area contributed by atoms with Crippen molar-refractivity contribution in [2.75, 3.05) is 19.7 Å². The van der Waals surface area contributed by atoms with Crippen molar-refractivity contribution in [3.63, 3.8) is 0 Å². The van der Waals surface area contributed by atoms with Crippen molar-refractivity contribution in [2.45, 2.75) is 20.4 Å². The molecule has 0 aliphatic heterocycles. The quantitative estimate of drug-likeness (QED) is 0.458. The minimum atomic E-state index is 0.343. The van der Waals surface area contributed by atoms with E-state index >= 15 is 0 Å². The summed E-state index contributed by atoms with van der Waals surface area (Å²) in [4.78, 5) is 8.50. The van der Waals surface area contributed by atoms with Gasteiger partial charge in [0.1, 0.15) is 18.9 Å². The van der Waals surface area contributed by atoms with Gasteiger partial charge in [0.25, 0.3) is 0 Å². The molecule has 2 rings (SSSR count). The summed E-state index contributed by atoms with van der Waals surface area (Å²) in [7, 11) is 0. The van der Waals surface area contributed by atoms with Crippen molar-refractivity contribution in [3.8, 4) is 5.75 Å². The molecule has 0 radical (unpaired) electrons. The largest absolute Gasteiger partial charge is 0.492 e. The summed E-state index contributed by atoms with van der Waals surface area (Å²) in [6.45, 7) is 6.09. The van der Waals surface area contributed by atoms with Gasteiger partial charge in [0.05, 0.1) is 6.54 Å². The van der Waals surface area contributed by atoms with E-state index in [9.17, 15) is 0 Å². The molecule has 2 aromatic rings. The van der Waals surface area contributed by atoms with Gasteiger partial charge in [-0.15, -0.1) is 0 Å². The van der Waals surface area contributed by atoms with E-state index in [0.29, 0.717) is 37.4 Å². The minimum Gasteiger partial charge on any atom is -0.492 e. The van der Waals surface area contributed by atoms with Gasteiger partial charge >= 0.3 is 0 Å². The Hall–Kier alpha value is -2.57. The monoisotopic (exact) mass is 303 g/mol. The maximum Gasteiger partial charge on any atom is 0.248 e. The van der Waals surface area contributed by atoms with Crippen LogP contribution in [0.25, 0.3) is 0 Å². The number of nitrogens with zero attached hydrogens (tertiary/aromatic N) is 3. The highest BCUT2D eigenvalue weighted by molar-refractivity contribution is 5.79. The first-order chi connectivity index (χ1) is 10.8. The molecule has 0 aliphatic rings. The van der Waals surface area contributed by atoms with E-state index in [0.717, 1.165) is 12.3 Å². The lowest BCUT2D eigenvalue weighted by Gasteiger charge is -2.11. The van der Waals surface area contributed by atoms with Crippen molar-refractivity contribution in [2.24, 2.45) is 4.99 Å². The molecule has 0 unspecified atom stereocenters. The second-order valence-electron chi connectivity index (χ2n) is 4.52. The molecule has 7 nitrogen and oxygen atoms in total. The number of benzene rings is 1. The number of aromatic nitrogens is 2. The van der Waals surface area contributed by atoms with Crippen LogP contribution in [0.1, 0.15) is 18.6 Å². The summed E-state index contributed by atoms with van der Waals surface area (Å²) in [6.07, 6.45) is 0. The second kappa shape index (κ2) is 8.66. The average Bonchev–Trinajstić information content (AvgIpc) is 2.95. The lowest BCUT2D eigenvalue weighted by molar-refractivity contribution is 0.322. The summed E-state index contributed by atoms with van der Waals surface area (Å²) in [5.41, 5.74) is 0. The zero-order chi connectivity index (χ0) is 15.6. The highest BCUT2D eigenvalue weighted by Gasteiger charge is 2.02. The van der Waals surface area contributed by atoms with Crippen molar-refractivity contribution in [1.82, 2.24) is 20.8 Å². The van der Waals surface area contributed by atoms with E-state index < -0.39 is 0 Å².